The first-order valence-corrected chi connectivity index (χ1v) is 6.59. The van der Waals surface area contributed by atoms with Gasteiger partial charge >= 0.3 is 0 Å². The highest BCUT2D eigenvalue weighted by Gasteiger charge is 2.07. The zero-order valence-corrected chi connectivity index (χ0v) is 12.2. The minimum Gasteiger partial charge on any atom is -0.486 e. The molecule has 0 radical (unpaired) electrons. The Kier molecular flexibility index (Phi) is 4.51. The first-order chi connectivity index (χ1) is 9.10. The molecule has 0 bridgehead atoms. The van der Waals surface area contributed by atoms with Crippen LogP contribution in [-0.4, -0.2) is 7.05 Å². The van der Waals surface area contributed by atoms with E-state index in [0.717, 1.165) is 40.0 Å². The number of ether oxygens (including phenoxy) is 1. The van der Waals surface area contributed by atoms with Gasteiger partial charge in [0.05, 0.1) is 6.54 Å². The summed E-state index contributed by atoms with van der Waals surface area (Å²) in [7, 11) is 1.90. The van der Waals surface area contributed by atoms with Crippen LogP contribution in [0.25, 0.3) is 0 Å². The van der Waals surface area contributed by atoms with Gasteiger partial charge in [-0.1, -0.05) is 11.6 Å². The molecule has 1 N–H and O–H groups in total. The fourth-order valence-electron chi connectivity index (χ4n) is 1.86. The van der Waals surface area contributed by atoms with E-state index in [1.54, 1.807) is 0 Å². The van der Waals surface area contributed by atoms with E-state index in [0.29, 0.717) is 6.61 Å². The molecule has 0 spiro atoms. The molecule has 4 heteroatoms. The second-order valence-electron chi connectivity index (χ2n) is 4.55. The van der Waals surface area contributed by atoms with E-state index in [1.807, 2.05) is 45.2 Å². The third kappa shape index (κ3) is 3.52. The molecule has 102 valence electrons. The van der Waals surface area contributed by atoms with E-state index in [2.05, 4.69) is 5.32 Å². The van der Waals surface area contributed by atoms with Crippen LogP contribution in [0, 0.1) is 13.8 Å². The molecule has 0 amide bonds. The second-order valence-corrected chi connectivity index (χ2v) is 4.96. The molecule has 0 saturated carbocycles. The Labute approximate surface area is 118 Å². The van der Waals surface area contributed by atoms with Gasteiger partial charge < -0.3 is 14.5 Å². The number of aryl methyl sites for hydroxylation is 2. The van der Waals surface area contributed by atoms with E-state index >= 15 is 0 Å². The van der Waals surface area contributed by atoms with Crippen molar-refractivity contribution < 1.29 is 9.15 Å². The van der Waals surface area contributed by atoms with E-state index in [4.69, 9.17) is 20.8 Å². The maximum Gasteiger partial charge on any atom is 0.146 e. The zero-order valence-electron chi connectivity index (χ0n) is 11.4. The van der Waals surface area contributed by atoms with Crippen molar-refractivity contribution in [2.24, 2.45) is 0 Å². The van der Waals surface area contributed by atoms with Crippen LogP contribution in [0.5, 0.6) is 5.75 Å². The number of benzene rings is 1. The predicted octanol–water partition coefficient (Wildman–Crippen LogP) is 3.85. The molecule has 19 heavy (non-hydrogen) atoms. The first-order valence-electron chi connectivity index (χ1n) is 6.22. The molecular weight excluding hydrogens is 262 g/mol. The minimum absolute atomic E-state index is 0.422. The first kappa shape index (κ1) is 14.0. The lowest BCUT2D eigenvalue weighted by Crippen LogP contribution is -2.04. The van der Waals surface area contributed by atoms with Crippen LogP contribution in [0.1, 0.15) is 22.6 Å². The number of halogens is 1. The molecule has 2 rings (SSSR count). The molecular formula is C15H18ClNO2. The average molecular weight is 280 g/mol. The number of rotatable bonds is 5. The molecule has 0 unspecified atom stereocenters. The molecule has 0 atom stereocenters. The summed E-state index contributed by atoms with van der Waals surface area (Å²) in [6.45, 7) is 5.14. The Morgan fingerprint density at radius 2 is 2.00 bits per heavy atom. The van der Waals surface area contributed by atoms with E-state index in [-0.39, 0.29) is 0 Å². The lowest BCUT2D eigenvalue weighted by atomic mass is 10.2. The fraction of sp³-hybridized carbons (Fsp3) is 0.333. The SMILES string of the molecule is CNCc1oc(COc2ccc(Cl)c(C)c2)cc1C. The van der Waals surface area contributed by atoms with Crippen molar-refractivity contribution in [2.75, 3.05) is 7.05 Å². The predicted molar refractivity (Wildman–Crippen MR) is 76.7 cm³/mol. The molecule has 1 aromatic carbocycles. The summed E-state index contributed by atoms with van der Waals surface area (Å²) in [5.74, 6) is 2.58. The van der Waals surface area contributed by atoms with Gasteiger partial charge in [0.25, 0.3) is 0 Å². The molecule has 1 heterocycles. The van der Waals surface area contributed by atoms with Crippen molar-refractivity contribution in [3.05, 3.63) is 51.9 Å². The standard InChI is InChI=1S/C15H18ClNO2/c1-10-6-12(4-5-14(10)16)18-9-13-7-11(2)15(19-13)8-17-3/h4-7,17H,8-9H2,1-3H3. The minimum atomic E-state index is 0.422. The molecule has 0 aliphatic rings. The number of nitrogens with one attached hydrogen (secondary N) is 1. The van der Waals surface area contributed by atoms with Gasteiger partial charge in [0, 0.05) is 5.02 Å². The van der Waals surface area contributed by atoms with E-state index in [9.17, 15) is 0 Å². The lowest BCUT2D eigenvalue weighted by Gasteiger charge is -2.06. The number of hydrogen-bond acceptors (Lipinski definition) is 3. The van der Waals surface area contributed by atoms with Crippen molar-refractivity contribution in [3.63, 3.8) is 0 Å². The zero-order chi connectivity index (χ0) is 13.8. The smallest absolute Gasteiger partial charge is 0.146 e. The maximum absolute atomic E-state index is 5.98. The number of furan rings is 1. The molecule has 0 saturated heterocycles. The van der Waals surface area contributed by atoms with Crippen LogP contribution in [0.15, 0.2) is 28.7 Å². The Bertz CT molecular complexity index is 563. The second kappa shape index (κ2) is 6.13. The van der Waals surface area contributed by atoms with Crippen molar-refractivity contribution in [2.45, 2.75) is 27.0 Å². The fourth-order valence-corrected chi connectivity index (χ4v) is 1.98. The van der Waals surface area contributed by atoms with Crippen LogP contribution in [-0.2, 0) is 13.2 Å². The summed E-state index contributed by atoms with van der Waals surface area (Å²) in [6, 6.07) is 7.63. The van der Waals surface area contributed by atoms with Gasteiger partial charge in [0.2, 0.25) is 0 Å². The molecule has 0 fully saturated rings. The van der Waals surface area contributed by atoms with Gasteiger partial charge in [-0.2, -0.15) is 0 Å². The summed E-state index contributed by atoms with van der Waals surface area (Å²) in [6.07, 6.45) is 0. The Morgan fingerprint density at radius 1 is 1.21 bits per heavy atom. The van der Waals surface area contributed by atoms with Crippen molar-refractivity contribution in [3.8, 4) is 5.75 Å². The third-order valence-electron chi connectivity index (χ3n) is 2.92. The van der Waals surface area contributed by atoms with Crippen LogP contribution >= 0.6 is 11.6 Å². The molecule has 1 aromatic heterocycles. The Balaban J connectivity index is 2.01. The summed E-state index contributed by atoms with van der Waals surface area (Å²) < 4.78 is 11.4. The Morgan fingerprint density at radius 3 is 2.68 bits per heavy atom. The molecule has 3 nitrogen and oxygen atoms in total. The third-order valence-corrected chi connectivity index (χ3v) is 3.34. The maximum atomic E-state index is 5.98. The van der Waals surface area contributed by atoms with Crippen molar-refractivity contribution >= 4 is 11.6 Å². The van der Waals surface area contributed by atoms with Gasteiger partial charge in [-0.3, -0.25) is 0 Å². The van der Waals surface area contributed by atoms with Gasteiger partial charge in [-0.15, -0.1) is 0 Å². The van der Waals surface area contributed by atoms with Gasteiger partial charge in [0.1, 0.15) is 23.9 Å². The molecule has 2 aromatic rings. The van der Waals surface area contributed by atoms with Gasteiger partial charge in [-0.05, 0) is 56.3 Å². The normalized spacial score (nSPS) is 10.7. The summed E-state index contributed by atoms with van der Waals surface area (Å²) >= 11 is 5.98. The molecule has 0 aliphatic heterocycles. The van der Waals surface area contributed by atoms with Crippen LogP contribution in [0.2, 0.25) is 5.02 Å². The summed E-state index contributed by atoms with van der Waals surface area (Å²) in [4.78, 5) is 0. The van der Waals surface area contributed by atoms with Crippen LogP contribution in [0.4, 0.5) is 0 Å². The quantitative estimate of drug-likeness (QED) is 0.903. The van der Waals surface area contributed by atoms with Crippen LogP contribution in [0.3, 0.4) is 0 Å². The van der Waals surface area contributed by atoms with E-state index < -0.39 is 0 Å². The molecule has 0 aliphatic carbocycles. The Hall–Kier alpha value is -1.45. The monoisotopic (exact) mass is 279 g/mol. The highest BCUT2D eigenvalue weighted by molar-refractivity contribution is 6.31. The highest BCUT2D eigenvalue weighted by Crippen LogP contribution is 2.22. The van der Waals surface area contributed by atoms with Crippen molar-refractivity contribution in [1.29, 1.82) is 0 Å². The highest BCUT2D eigenvalue weighted by atomic mass is 35.5. The topological polar surface area (TPSA) is 34.4 Å². The van der Waals surface area contributed by atoms with Gasteiger partial charge in [-0.25, -0.2) is 0 Å². The lowest BCUT2D eigenvalue weighted by molar-refractivity contribution is 0.265. The van der Waals surface area contributed by atoms with Crippen LogP contribution < -0.4 is 10.1 Å². The largest absolute Gasteiger partial charge is 0.486 e. The summed E-state index contributed by atoms with van der Waals surface area (Å²) in [5.41, 5.74) is 2.14. The summed E-state index contributed by atoms with van der Waals surface area (Å²) in [5, 5.41) is 3.82. The number of hydrogen-bond donors (Lipinski definition) is 1. The van der Waals surface area contributed by atoms with Gasteiger partial charge in [0.15, 0.2) is 0 Å². The van der Waals surface area contributed by atoms with Crippen molar-refractivity contribution in [1.82, 2.24) is 5.32 Å². The van der Waals surface area contributed by atoms with E-state index in [1.165, 1.54) is 0 Å². The average Bonchev–Trinajstić information content (AvgIpc) is 2.72.